The van der Waals surface area contributed by atoms with Crippen LogP contribution in [0.1, 0.15) is 19.4 Å². The highest BCUT2D eigenvalue weighted by atomic mass is 35.5. The first kappa shape index (κ1) is 22.5. The van der Waals surface area contributed by atoms with E-state index in [1.54, 1.807) is 6.07 Å². The van der Waals surface area contributed by atoms with Crippen LogP contribution in [0.5, 0.6) is 0 Å². The molecule has 2 rings (SSSR count). The van der Waals surface area contributed by atoms with E-state index in [1.807, 2.05) is 32.0 Å². The van der Waals surface area contributed by atoms with Gasteiger partial charge in [-0.1, -0.05) is 53.7 Å². The number of carbonyl (C=O) groups excluding carboxylic acids is 1. The fourth-order valence-corrected chi connectivity index (χ4v) is 3.43. The summed E-state index contributed by atoms with van der Waals surface area (Å²) in [5.41, 5.74) is 1.21. The Bertz CT molecular complexity index is 758. The number of rotatable bonds is 10. The number of hydrogen-bond acceptors (Lipinski definition) is 5. The number of quaternary nitrogens is 1. The molecule has 0 aliphatic heterocycles. The molecule has 0 unspecified atom stereocenters. The lowest BCUT2D eigenvalue weighted by Crippen LogP contribution is -3.06. The van der Waals surface area contributed by atoms with Gasteiger partial charge in [0, 0.05) is 18.7 Å². The summed E-state index contributed by atoms with van der Waals surface area (Å²) in [4.78, 5) is 24.4. The van der Waals surface area contributed by atoms with Gasteiger partial charge in [-0.3, -0.25) is 4.79 Å². The van der Waals surface area contributed by atoms with Crippen LogP contribution in [0.4, 0.5) is 5.82 Å². The van der Waals surface area contributed by atoms with Crippen LogP contribution in [0, 0.1) is 0 Å². The Kier molecular flexibility index (Phi) is 9.02. The second kappa shape index (κ2) is 11.2. The summed E-state index contributed by atoms with van der Waals surface area (Å²) < 4.78 is 0. The van der Waals surface area contributed by atoms with Crippen LogP contribution in [-0.4, -0.2) is 54.9 Å². The van der Waals surface area contributed by atoms with Gasteiger partial charge < -0.3 is 15.1 Å². The Morgan fingerprint density at radius 3 is 2.61 bits per heavy atom. The minimum absolute atomic E-state index is 0.0394. The van der Waals surface area contributed by atoms with Crippen LogP contribution in [0.2, 0.25) is 5.15 Å². The van der Waals surface area contributed by atoms with Crippen molar-refractivity contribution in [3.05, 3.63) is 47.1 Å². The minimum atomic E-state index is -0.0394. The maximum atomic E-state index is 11.9. The van der Waals surface area contributed by atoms with Crippen molar-refractivity contribution in [1.29, 1.82) is 0 Å². The Morgan fingerprint density at radius 1 is 1.25 bits per heavy atom. The molecule has 0 fully saturated rings. The third kappa shape index (κ3) is 8.04. The number of nitrogens with one attached hydrogen (secondary N) is 2. The minimum Gasteiger partial charge on any atom is -0.353 e. The Balaban J connectivity index is 2.16. The number of anilines is 1. The summed E-state index contributed by atoms with van der Waals surface area (Å²) >= 11 is 7.56. The summed E-state index contributed by atoms with van der Waals surface area (Å²) in [5.74, 6) is 0.998. The predicted octanol–water partition coefficient (Wildman–Crippen LogP) is 1.90. The zero-order valence-electron chi connectivity index (χ0n) is 16.9. The standard InChI is InChI=1S/C20H28ClN5OS/c1-15(2)22-19(27)14-28-20-23-17(21)12-18(24-20)26(11-10-25(3)4)13-16-8-6-5-7-9-16/h5-9,12,15H,10-11,13-14H2,1-4H3,(H,22,27)/p+1. The van der Waals surface area contributed by atoms with Crippen molar-refractivity contribution in [3.8, 4) is 0 Å². The van der Waals surface area contributed by atoms with Crippen LogP contribution in [0.25, 0.3) is 0 Å². The number of likely N-dealkylation sites (N-methyl/N-ethyl adjacent to an activating group) is 1. The van der Waals surface area contributed by atoms with Gasteiger partial charge in [-0.15, -0.1) is 0 Å². The Labute approximate surface area is 176 Å². The van der Waals surface area contributed by atoms with E-state index in [2.05, 4.69) is 46.4 Å². The molecule has 152 valence electrons. The van der Waals surface area contributed by atoms with Crippen LogP contribution in [0.15, 0.2) is 41.6 Å². The molecular weight excluding hydrogens is 394 g/mol. The summed E-state index contributed by atoms with van der Waals surface area (Å²) in [6.07, 6.45) is 0. The highest BCUT2D eigenvalue weighted by molar-refractivity contribution is 7.99. The van der Waals surface area contributed by atoms with E-state index < -0.39 is 0 Å². The first-order valence-corrected chi connectivity index (χ1v) is 10.7. The van der Waals surface area contributed by atoms with Gasteiger partial charge in [0.2, 0.25) is 5.91 Å². The molecule has 1 aromatic heterocycles. The average Bonchev–Trinajstić information content (AvgIpc) is 2.63. The molecule has 2 N–H and O–H groups in total. The van der Waals surface area contributed by atoms with Gasteiger partial charge in [-0.25, -0.2) is 9.97 Å². The van der Waals surface area contributed by atoms with Crippen molar-refractivity contribution in [3.63, 3.8) is 0 Å². The number of carbonyl (C=O) groups is 1. The molecule has 1 aromatic carbocycles. The zero-order valence-corrected chi connectivity index (χ0v) is 18.5. The normalized spacial score (nSPS) is 11.1. The molecule has 0 saturated carbocycles. The lowest BCUT2D eigenvalue weighted by atomic mass is 10.2. The topological polar surface area (TPSA) is 62.6 Å². The molecule has 28 heavy (non-hydrogen) atoms. The highest BCUT2D eigenvalue weighted by Crippen LogP contribution is 2.23. The SMILES string of the molecule is CC(C)NC(=O)CSc1nc(Cl)cc(N(CC[NH+](C)C)Cc2ccccc2)n1. The van der Waals surface area contributed by atoms with Crippen molar-refractivity contribution < 1.29 is 9.69 Å². The van der Waals surface area contributed by atoms with Crippen LogP contribution in [-0.2, 0) is 11.3 Å². The molecule has 0 saturated heterocycles. The lowest BCUT2D eigenvalue weighted by Gasteiger charge is -2.24. The summed E-state index contributed by atoms with van der Waals surface area (Å²) in [6, 6.07) is 12.2. The number of nitrogens with zero attached hydrogens (tertiary/aromatic N) is 3. The van der Waals surface area contributed by atoms with Gasteiger partial charge in [0.05, 0.1) is 32.9 Å². The molecule has 0 radical (unpaired) electrons. The maximum Gasteiger partial charge on any atom is 0.230 e. The molecule has 1 amide bonds. The quantitative estimate of drug-likeness (QED) is 0.348. The third-order valence-electron chi connectivity index (χ3n) is 3.86. The molecule has 1 heterocycles. The van der Waals surface area contributed by atoms with Gasteiger partial charge >= 0.3 is 0 Å². The lowest BCUT2D eigenvalue weighted by molar-refractivity contribution is -0.856. The van der Waals surface area contributed by atoms with Crippen LogP contribution >= 0.6 is 23.4 Å². The number of aromatic nitrogens is 2. The summed E-state index contributed by atoms with van der Waals surface area (Å²) in [5, 5.41) is 3.76. The van der Waals surface area contributed by atoms with Crippen molar-refractivity contribution in [2.24, 2.45) is 0 Å². The Hall–Kier alpha value is -1.83. The van der Waals surface area contributed by atoms with E-state index in [0.29, 0.717) is 10.3 Å². The summed E-state index contributed by atoms with van der Waals surface area (Å²) in [7, 11) is 4.25. The van der Waals surface area contributed by atoms with E-state index >= 15 is 0 Å². The van der Waals surface area contributed by atoms with Gasteiger partial charge in [0.15, 0.2) is 5.16 Å². The second-order valence-electron chi connectivity index (χ2n) is 7.21. The first-order chi connectivity index (χ1) is 13.3. The van der Waals surface area contributed by atoms with Crippen molar-refractivity contribution in [2.75, 3.05) is 37.8 Å². The smallest absolute Gasteiger partial charge is 0.230 e. The number of thioether (sulfide) groups is 1. The molecule has 6 nitrogen and oxygen atoms in total. The molecule has 0 aliphatic rings. The van der Waals surface area contributed by atoms with Crippen molar-refractivity contribution >= 4 is 35.1 Å². The number of amides is 1. The van der Waals surface area contributed by atoms with Gasteiger partial charge in [0.1, 0.15) is 11.0 Å². The molecule has 2 aromatic rings. The van der Waals surface area contributed by atoms with E-state index in [4.69, 9.17) is 11.6 Å². The molecule has 0 bridgehead atoms. The Morgan fingerprint density at radius 2 is 1.96 bits per heavy atom. The van der Waals surface area contributed by atoms with E-state index in [1.165, 1.54) is 22.2 Å². The molecule has 0 aliphatic carbocycles. The van der Waals surface area contributed by atoms with E-state index in [0.717, 1.165) is 25.5 Å². The second-order valence-corrected chi connectivity index (χ2v) is 8.54. The molecule has 8 heteroatoms. The van der Waals surface area contributed by atoms with Crippen molar-refractivity contribution in [2.45, 2.75) is 31.6 Å². The highest BCUT2D eigenvalue weighted by Gasteiger charge is 2.15. The first-order valence-electron chi connectivity index (χ1n) is 9.38. The van der Waals surface area contributed by atoms with Crippen LogP contribution < -0.4 is 15.1 Å². The largest absolute Gasteiger partial charge is 0.353 e. The van der Waals surface area contributed by atoms with E-state index in [9.17, 15) is 4.79 Å². The number of halogens is 1. The number of hydrogen-bond donors (Lipinski definition) is 2. The fraction of sp³-hybridized carbons (Fsp3) is 0.450. The van der Waals surface area contributed by atoms with Crippen LogP contribution in [0.3, 0.4) is 0 Å². The zero-order chi connectivity index (χ0) is 20.5. The van der Waals surface area contributed by atoms with E-state index in [-0.39, 0.29) is 17.7 Å². The molecular formula is C20H29ClN5OS+. The predicted molar refractivity (Wildman–Crippen MR) is 116 cm³/mol. The number of benzene rings is 1. The fourth-order valence-electron chi connectivity index (χ4n) is 2.54. The average molecular weight is 423 g/mol. The maximum absolute atomic E-state index is 11.9. The monoisotopic (exact) mass is 422 g/mol. The van der Waals surface area contributed by atoms with Gasteiger partial charge in [-0.2, -0.15) is 0 Å². The van der Waals surface area contributed by atoms with Gasteiger partial charge in [-0.05, 0) is 19.4 Å². The summed E-state index contributed by atoms with van der Waals surface area (Å²) in [6.45, 7) is 6.41. The molecule has 0 spiro atoms. The van der Waals surface area contributed by atoms with Crippen molar-refractivity contribution in [1.82, 2.24) is 15.3 Å². The van der Waals surface area contributed by atoms with Gasteiger partial charge in [0.25, 0.3) is 0 Å². The molecule has 0 atom stereocenters. The third-order valence-corrected chi connectivity index (χ3v) is 4.91.